The highest BCUT2D eigenvalue weighted by Crippen LogP contribution is 2.28. The number of hydrogen-bond acceptors (Lipinski definition) is 4. The molecule has 0 bridgehead atoms. The summed E-state index contributed by atoms with van der Waals surface area (Å²) in [6.07, 6.45) is 1.12. The predicted octanol–water partition coefficient (Wildman–Crippen LogP) is 4.23. The molecule has 0 fully saturated rings. The minimum Gasteiger partial charge on any atom is -0.470 e. The van der Waals surface area contributed by atoms with Crippen molar-refractivity contribution in [3.63, 3.8) is 0 Å². The van der Waals surface area contributed by atoms with Gasteiger partial charge in [0.25, 0.3) is 5.88 Å². The maximum Gasteiger partial charge on any atom is 0.256 e. The molecule has 0 amide bonds. The molecule has 0 spiro atoms. The molecule has 0 aliphatic carbocycles. The molecule has 0 atom stereocenters. The van der Waals surface area contributed by atoms with E-state index >= 15 is 0 Å². The van der Waals surface area contributed by atoms with Crippen LogP contribution >= 0.6 is 0 Å². The highest BCUT2D eigenvalue weighted by atomic mass is 19.1. The molecule has 1 heterocycles. The molecular weight excluding hydrogens is 290 g/mol. The van der Waals surface area contributed by atoms with Crippen LogP contribution in [-0.2, 0) is 0 Å². The summed E-state index contributed by atoms with van der Waals surface area (Å²) in [6, 6.07) is 3.82. The quantitative estimate of drug-likeness (QED) is 0.862. The highest BCUT2D eigenvalue weighted by Gasteiger charge is 2.19. The maximum atomic E-state index is 14.3. The minimum absolute atomic E-state index is 0.00621. The second-order valence-corrected chi connectivity index (χ2v) is 5.46. The van der Waals surface area contributed by atoms with E-state index in [1.54, 1.807) is 20.8 Å². The van der Waals surface area contributed by atoms with Gasteiger partial charge in [0.05, 0.1) is 12.3 Å². The standard InChI is InChI=1S/C15H14F2N4O/c1-15(2,3)22-14-12(17)13(19-8-20-14)21-11-6-5-9(18-4)7-10(11)16/h5-8H,1-3H3,(H,19,20,21). The first kappa shape index (κ1) is 15.6. The Labute approximate surface area is 126 Å². The van der Waals surface area contributed by atoms with Crippen LogP contribution in [0.1, 0.15) is 20.8 Å². The summed E-state index contributed by atoms with van der Waals surface area (Å²) in [6.45, 7) is 12.1. The third-order valence-corrected chi connectivity index (χ3v) is 2.50. The van der Waals surface area contributed by atoms with Crippen LogP contribution in [0.15, 0.2) is 24.5 Å². The van der Waals surface area contributed by atoms with Gasteiger partial charge in [-0.3, -0.25) is 0 Å². The molecule has 22 heavy (non-hydrogen) atoms. The second kappa shape index (κ2) is 5.93. The van der Waals surface area contributed by atoms with Crippen LogP contribution in [0.25, 0.3) is 4.85 Å². The number of nitrogens with one attached hydrogen (secondary N) is 1. The third-order valence-electron chi connectivity index (χ3n) is 2.50. The van der Waals surface area contributed by atoms with Crippen molar-refractivity contribution < 1.29 is 13.5 Å². The van der Waals surface area contributed by atoms with Gasteiger partial charge in [-0.25, -0.2) is 14.2 Å². The van der Waals surface area contributed by atoms with Gasteiger partial charge in [0, 0.05) is 0 Å². The number of hydrogen-bond donors (Lipinski definition) is 1. The summed E-state index contributed by atoms with van der Waals surface area (Å²) in [5.41, 5.74) is -0.468. The molecule has 0 saturated carbocycles. The number of aromatic nitrogens is 2. The van der Waals surface area contributed by atoms with Crippen LogP contribution in [0.5, 0.6) is 5.88 Å². The fourth-order valence-electron chi connectivity index (χ4n) is 1.60. The van der Waals surface area contributed by atoms with Crippen molar-refractivity contribution in [1.29, 1.82) is 0 Å². The van der Waals surface area contributed by atoms with Crippen molar-refractivity contribution in [3.8, 4) is 5.88 Å². The average molecular weight is 304 g/mol. The number of halogens is 2. The van der Waals surface area contributed by atoms with Crippen molar-refractivity contribution in [2.24, 2.45) is 0 Å². The Kier molecular flexibility index (Phi) is 4.22. The molecule has 1 aromatic heterocycles. The molecule has 7 heteroatoms. The summed E-state index contributed by atoms with van der Waals surface area (Å²) >= 11 is 0. The van der Waals surface area contributed by atoms with Crippen molar-refractivity contribution in [2.45, 2.75) is 26.4 Å². The summed E-state index contributed by atoms with van der Waals surface area (Å²) in [4.78, 5) is 10.6. The average Bonchev–Trinajstić information content (AvgIpc) is 2.43. The van der Waals surface area contributed by atoms with Gasteiger partial charge in [-0.2, -0.15) is 9.37 Å². The largest absolute Gasteiger partial charge is 0.470 e. The molecule has 0 radical (unpaired) electrons. The molecule has 0 unspecified atom stereocenters. The van der Waals surface area contributed by atoms with Crippen molar-refractivity contribution >= 4 is 17.2 Å². The van der Waals surface area contributed by atoms with Gasteiger partial charge >= 0.3 is 0 Å². The lowest BCUT2D eigenvalue weighted by Gasteiger charge is -2.21. The molecule has 5 nitrogen and oxygen atoms in total. The van der Waals surface area contributed by atoms with E-state index in [1.165, 1.54) is 12.1 Å². The van der Waals surface area contributed by atoms with Gasteiger partial charge in [-0.15, -0.1) is 0 Å². The Morgan fingerprint density at radius 3 is 2.55 bits per heavy atom. The van der Waals surface area contributed by atoms with Crippen LogP contribution in [-0.4, -0.2) is 15.6 Å². The van der Waals surface area contributed by atoms with Crippen LogP contribution in [0, 0.1) is 18.2 Å². The molecule has 2 aromatic rings. The van der Waals surface area contributed by atoms with E-state index in [9.17, 15) is 8.78 Å². The first-order valence-corrected chi connectivity index (χ1v) is 6.44. The van der Waals surface area contributed by atoms with Gasteiger partial charge in [-0.1, -0.05) is 6.07 Å². The van der Waals surface area contributed by atoms with E-state index in [4.69, 9.17) is 11.3 Å². The first-order chi connectivity index (χ1) is 10.3. The lowest BCUT2D eigenvalue weighted by molar-refractivity contribution is 0.117. The summed E-state index contributed by atoms with van der Waals surface area (Å²) in [7, 11) is 0. The van der Waals surface area contributed by atoms with E-state index < -0.39 is 17.2 Å². The molecule has 1 N–H and O–H groups in total. The van der Waals surface area contributed by atoms with Crippen LogP contribution in [0.4, 0.5) is 26.0 Å². The lowest BCUT2D eigenvalue weighted by Crippen LogP contribution is -2.24. The zero-order chi connectivity index (χ0) is 16.3. The van der Waals surface area contributed by atoms with Gasteiger partial charge in [0.1, 0.15) is 17.7 Å². The van der Waals surface area contributed by atoms with E-state index in [0.29, 0.717) is 0 Å². The molecule has 2 rings (SSSR count). The van der Waals surface area contributed by atoms with Crippen molar-refractivity contribution in [3.05, 3.63) is 47.6 Å². The molecule has 0 aliphatic heterocycles. The molecular formula is C15H14F2N4O. The molecule has 0 saturated heterocycles. The Morgan fingerprint density at radius 1 is 1.23 bits per heavy atom. The van der Waals surface area contributed by atoms with E-state index in [1.807, 2.05) is 0 Å². The first-order valence-electron chi connectivity index (χ1n) is 6.44. The Hall–Kier alpha value is -2.75. The normalized spacial score (nSPS) is 10.9. The van der Waals surface area contributed by atoms with E-state index in [0.717, 1.165) is 12.4 Å². The lowest BCUT2D eigenvalue weighted by atomic mass is 10.2. The number of anilines is 2. The zero-order valence-electron chi connectivity index (χ0n) is 12.3. The van der Waals surface area contributed by atoms with Crippen molar-refractivity contribution in [2.75, 3.05) is 5.32 Å². The second-order valence-electron chi connectivity index (χ2n) is 5.46. The molecule has 114 valence electrons. The van der Waals surface area contributed by atoms with Gasteiger partial charge in [0.15, 0.2) is 11.5 Å². The number of nitrogens with zero attached hydrogens (tertiary/aromatic N) is 3. The smallest absolute Gasteiger partial charge is 0.256 e. The summed E-state index contributed by atoms with van der Waals surface area (Å²) in [5, 5.41) is 2.53. The number of benzene rings is 1. The van der Waals surface area contributed by atoms with Crippen LogP contribution in [0.2, 0.25) is 0 Å². The van der Waals surface area contributed by atoms with Gasteiger partial charge < -0.3 is 10.1 Å². The molecule has 1 aromatic carbocycles. The maximum absolute atomic E-state index is 14.3. The zero-order valence-corrected chi connectivity index (χ0v) is 12.3. The Balaban J connectivity index is 2.31. The SMILES string of the molecule is [C-]#[N+]c1ccc(Nc2ncnc(OC(C)(C)C)c2F)c(F)c1. The van der Waals surface area contributed by atoms with E-state index in [2.05, 4.69) is 20.1 Å². The fourth-order valence-corrected chi connectivity index (χ4v) is 1.60. The number of rotatable bonds is 3. The monoisotopic (exact) mass is 304 g/mol. The minimum atomic E-state index is -0.814. The van der Waals surface area contributed by atoms with Gasteiger partial charge in [0.2, 0.25) is 5.82 Å². The van der Waals surface area contributed by atoms with Crippen LogP contribution < -0.4 is 10.1 Å². The Morgan fingerprint density at radius 2 is 1.95 bits per heavy atom. The van der Waals surface area contributed by atoms with Crippen molar-refractivity contribution in [1.82, 2.24) is 9.97 Å². The highest BCUT2D eigenvalue weighted by molar-refractivity contribution is 5.62. The fraction of sp³-hybridized carbons (Fsp3) is 0.267. The predicted molar refractivity (Wildman–Crippen MR) is 78.3 cm³/mol. The summed E-state index contributed by atoms with van der Waals surface area (Å²) in [5.74, 6) is -1.91. The topological polar surface area (TPSA) is 51.4 Å². The Bertz CT molecular complexity index is 735. The third kappa shape index (κ3) is 3.67. The van der Waals surface area contributed by atoms with Crippen LogP contribution in [0.3, 0.4) is 0 Å². The van der Waals surface area contributed by atoms with E-state index in [-0.39, 0.29) is 23.1 Å². The molecule has 0 aliphatic rings. The number of ether oxygens (including phenoxy) is 1. The summed E-state index contributed by atoms with van der Waals surface area (Å²) < 4.78 is 33.5. The van der Waals surface area contributed by atoms with Gasteiger partial charge in [-0.05, 0) is 32.9 Å².